The summed E-state index contributed by atoms with van der Waals surface area (Å²) in [6.07, 6.45) is 0.663. The Morgan fingerprint density at radius 3 is 1.26 bits per heavy atom. The molecule has 0 spiro atoms. The number of hydrogen-bond donors (Lipinski definition) is 1. The van der Waals surface area contributed by atoms with Gasteiger partial charge in [0.2, 0.25) is 0 Å². The minimum absolute atomic E-state index is 0.240. The van der Waals surface area contributed by atoms with Crippen LogP contribution in [0.5, 0.6) is 0 Å². The van der Waals surface area contributed by atoms with E-state index in [-0.39, 0.29) is 6.61 Å². The normalized spacial score (nSPS) is 12.0. The molecule has 0 heterocycles. The van der Waals surface area contributed by atoms with Gasteiger partial charge in [0.25, 0.3) is 0 Å². The van der Waals surface area contributed by atoms with E-state index >= 15 is 0 Å². The van der Waals surface area contributed by atoms with E-state index < -0.39 is 6.09 Å². The Morgan fingerprint density at radius 2 is 0.891 bits per heavy atom. The number of benzene rings is 1. The summed E-state index contributed by atoms with van der Waals surface area (Å²) in [5.41, 5.74) is 0.939. The minimum Gasteiger partial charge on any atom is -0.445 e. The molecule has 1 unspecified atom stereocenters. The quantitative estimate of drug-likeness (QED) is 0.107. The zero-order chi connectivity index (χ0) is 33.0. The third kappa shape index (κ3) is 30.7. The summed E-state index contributed by atoms with van der Waals surface area (Å²) in [5, 5.41) is 2.64. The molecule has 1 N–H and O–H groups in total. The Morgan fingerprint density at radius 1 is 0.543 bits per heavy atom. The Hall–Kier alpha value is -1.91. The van der Waals surface area contributed by atoms with Gasteiger partial charge in [-0.05, 0) is 11.5 Å². The van der Waals surface area contributed by atoms with E-state index in [1.165, 1.54) is 0 Å². The van der Waals surface area contributed by atoms with Crippen molar-refractivity contribution in [2.75, 3.05) is 139 Å². The highest BCUT2D eigenvalue weighted by Gasteiger charge is 2.02. The Labute approximate surface area is 275 Å². The van der Waals surface area contributed by atoms with Gasteiger partial charge in [-0.25, -0.2) is 4.79 Å². The maximum atomic E-state index is 11.6. The molecule has 268 valence electrons. The lowest BCUT2D eigenvalue weighted by Gasteiger charge is -2.10. The third-order valence-electron chi connectivity index (χ3n) is 6.18. The SMILES string of the molecule is CCC(C)COCCOCCOCCOCCOCCOCCOCCOCCOCCOCCNC(=O)OCc1ccccc1. The molecule has 1 aromatic rings. The summed E-state index contributed by atoms with van der Waals surface area (Å²) in [6.45, 7) is 15.3. The summed E-state index contributed by atoms with van der Waals surface area (Å²) in [7, 11) is 0. The van der Waals surface area contributed by atoms with Crippen LogP contribution in [0.2, 0.25) is 0 Å². The van der Waals surface area contributed by atoms with Gasteiger partial charge in [0.05, 0.1) is 126 Å². The molecule has 46 heavy (non-hydrogen) atoms. The van der Waals surface area contributed by atoms with Gasteiger partial charge >= 0.3 is 6.09 Å². The van der Waals surface area contributed by atoms with Gasteiger partial charge in [-0.1, -0.05) is 50.6 Å². The fourth-order valence-electron chi connectivity index (χ4n) is 3.38. The molecule has 0 bridgehead atoms. The van der Waals surface area contributed by atoms with Gasteiger partial charge in [-0.2, -0.15) is 0 Å². The van der Waals surface area contributed by atoms with Gasteiger partial charge in [-0.3, -0.25) is 0 Å². The van der Waals surface area contributed by atoms with E-state index in [1.54, 1.807) is 0 Å². The van der Waals surface area contributed by atoms with E-state index in [9.17, 15) is 4.79 Å². The zero-order valence-electron chi connectivity index (χ0n) is 28.1. The van der Waals surface area contributed by atoms with Crippen LogP contribution in [-0.2, 0) is 58.7 Å². The molecule has 0 radical (unpaired) electrons. The molecule has 1 amide bonds. The smallest absolute Gasteiger partial charge is 0.407 e. The average molecular weight is 662 g/mol. The van der Waals surface area contributed by atoms with Crippen molar-refractivity contribution in [3.05, 3.63) is 35.9 Å². The van der Waals surface area contributed by atoms with Gasteiger partial charge in [0.15, 0.2) is 0 Å². The van der Waals surface area contributed by atoms with Crippen molar-refractivity contribution >= 4 is 6.09 Å². The van der Waals surface area contributed by atoms with Gasteiger partial charge in [-0.15, -0.1) is 0 Å². The molecule has 13 nitrogen and oxygen atoms in total. The largest absolute Gasteiger partial charge is 0.445 e. The maximum Gasteiger partial charge on any atom is 0.407 e. The predicted molar refractivity (Wildman–Crippen MR) is 172 cm³/mol. The van der Waals surface area contributed by atoms with E-state index in [1.807, 2.05) is 30.3 Å². The molecule has 0 saturated carbocycles. The highest BCUT2D eigenvalue weighted by atomic mass is 16.6. The highest BCUT2D eigenvalue weighted by Crippen LogP contribution is 2.01. The number of carbonyl (C=O) groups excluding carboxylic acids is 1. The van der Waals surface area contributed by atoms with Crippen molar-refractivity contribution in [1.82, 2.24) is 5.32 Å². The second-order valence-electron chi connectivity index (χ2n) is 10.1. The van der Waals surface area contributed by atoms with Crippen LogP contribution in [0.15, 0.2) is 30.3 Å². The highest BCUT2D eigenvalue weighted by molar-refractivity contribution is 5.67. The van der Waals surface area contributed by atoms with Crippen molar-refractivity contribution in [2.24, 2.45) is 5.92 Å². The van der Waals surface area contributed by atoms with Crippen molar-refractivity contribution in [3.63, 3.8) is 0 Å². The third-order valence-corrected chi connectivity index (χ3v) is 6.18. The maximum absolute atomic E-state index is 11.6. The van der Waals surface area contributed by atoms with E-state index in [0.29, 0.717) is 138 Å². The Kier molecular flexibility index (Phi) is 31.5. The predicted octanol–water partition coefficient (Wildman–Crippen LogP) is 3.12. The standard InChI is InChI=1S/C33H59NO12/c1-3-31(2)29-45-28-27-44-26-25-43-24-23-42-22-21-41-20-19-40-18-17-39-16-15-38-14-13-37-12-11-36-10-9-34-33(35)46-30-32-7-5-4-6-8-32/h4-8,31H,3,9-30H2,1-2H3,(H,34,35). The van der Waals surface area contributed by atoms with Crippen molar-refractivity contribution < 1.29 is 56.9 Å². The molecule has 0 aliphatic heterocycles. The van der Waals surface area contributed by atoms with Crippen molar-refractivity contribution in [3.8, 4) is 0 Å². The zero-order valence-corrected chi connectivity index (χ0v) is 28.1. The van der Waals surface area contributed by atoms with Crippen molar-refractivity contribution in [2.45, 2.75) is 26.9 Å². The molecule has 1 atom stereocenters. The van der Waals surface area contributed by atoms with Crippen LogP contribution in [0, 0.1) is 5.92 Å². The molecule has 13 heteroatoms. The molecule has 0 saturated heterocycles. The lowest BCUT2D eigenvalue weighted by molar-refractivity contribution is -0.0267. The monoisotopic (exact) mass is 661 g/mol. The number of alkyl carbamates (subject to hydrolysis) is 1. The van der Waals surface area contributed by atoms with Crippen LogP contribution in [0.3, 0.4) is 0 Å². The van der Waals surface area contributed by atoms with Crippen molar-refractivity contribution in [1.29, 1.82) is 0 Å². The summed E-state index contributed by atoms with van der Waals surface area (Å²) < 4.78 is 59.8. The fraction of sp³-hybridized carbons (Fsp3) is 0.788. The minimum atomic E-state index is -0.467. The first-order valence-corrected chi connectivity index (χ1v) is 16.4. The number of nitrogens with one attached hydrogen (secondary N) is 1. The lowest BCUT2D eigenvalue weighted by atomic mass is 10.1. The van der Waals surface area contributed by atoms with Crippen LogP contribution < -0.4 is 5.32 Å². The van der Waals surface area contributed by atoms with Crippen LogP contribution in [0.4, 0.5) is 4.79 Å². The summed E-state index contributed by atoms with van der Waals surface area (Å²) in [4.78, 5) is 11.6. The summed E-state index contributed by atoms with van der Waals surface area (Å²) in [5.74, 6) is 0.594. The van der Waals surface area contributed by atoms with Gasteiger partial charge in [0, 0.05) is 13.2 Å². The molecule has 1 rings (SSSR count). The van der Waals surface area contributed by atoms with E-state index in [0.717, 1.165) is 18.6 Å². The number of rotatable bonds is 35. The first-order valence-electron chi connectivity index (χ1n) is 16.4. The van der Waals surface area contributed by atoms with Gasteiger partial charge in [0.1, 0.15) is 6.61 Å². The second kappa shape index (κ2) is 34.4. The molecule has 0 fully saturated rings. The van der Waals surface area contributed by atoms with Gasteiger partial charge < -0.3 is 57.4 Å². The van der Waals surface area contributed by atoms with Crippen LogP contribution in [0.25, 0.3) is 0 Å². The van der Waals surface area contributed by atoms with Crippen LogP contribution in [0.1, 0.15) is 25.8 Å². The number of carbonyl (C=O) groups is 1. The second-order valence-corrected chi connectivity index (χ2v) is 10.1. The number of hydrogen-bond acceptors (Lipinski definition) is 12. The van der Waals surface area contributed by atoms with E-state index in [4.69, 9.17) is 52.1 Å². The molecule has 0 aliphatic carbocycles. The topological polar surface area (TPSA) is 131 Å². The number of amides is 1. The Balaban J connectivity index is 1.64. The fourth-order valence-corrected chi connectivity index (χ4v) is 3.38. The molecule has 0 aromatic heterocycles. The first kappa shape index (κ1) is 42.1. The molecule has 0 aliphatic rings. The molecular weight excluding hydrogens is 602 g/mol. The number of ether oxygens (including phenoxy) is 11. The summed E-state index contributed by atoms with van der Waals surface area (Å²) in [6, 6.07) is 9.51. The Bertz CT molecular complexity index is 761. The first-order chi connectivity index (χ1) is 22.7. The lowest BCUT2D eigenvalue weighted by Crippen LogP contribution is -2.28. The molecular formula is C33H59NO12. The summed E-state index contributed by atoms with van der Waals surface area (Å²) >= 11 is 0. The van der Waals surface area contributed by atoms with Crippen LogP contribution in [-0.4, -0.2) is 145 Å². The van der Waals surface area contributed by atoms with E-state index in [2.05, 4.69) is 19.2 Å². The van der Waals surface area contributed by atoms with Crippen LogP contribution >= 0.6 is 0 Å². The average Bonchev–Trinajstić information content (AvgIpc) is 3.08. The molecule has 1 aromatic carbocycles.